The second-order valence-electron chi connectivity index (χ2n) is 5.90. The van der Waals surface area contributed by atoms with E-state index in [0.29, 0.717) is 0 Å². The number of thioether (sulfide) groups is 1. The van der Waals surface area contributed by atoms with Crippen LogP contribution >= 0.6 is 23.1 Å². The Morgan fingerprint density at radius 3 is 2.95 bits per heavy atom. The van der Waals surface area contributed by atoms with Crippen LogP contribution in [-0.2, 0) is 13.0 Å². The van der Waals surface area contributed by atoms with Crippen molar-refractivity contribution >= 4 is 28.2 Å². The standard InChI is InChI=1S/C15H25N3S2/c1-3-4-13-14(9-16-12-5-6-12)20-15(17-13)18-7-8-19-11(2)10-18/h11-12,16H,3-10H2,1-2H3. The van der Waals surface area contributed by atoms with E-state index in [1.54, 1.807) is 0 Å². The van der Waals surface area contributed by atoms with Crippen LogP contribution in [0.25, 0.3) is 0 Å². The van der Waals surface area contributed by atoms with E-state index in [0.717, 1.165) is 37.3 Å². The molecular weight excluding hydrogens is 286 g/mol. The number of nitrogens with zero attached hydrogens (tertiary/aromatic N) is 2. The first-order valence-corrected chi connectivity index (χ1v) is 9.71. The second kappa shape index (κ2) is 6.67. The Kier molecular flexibility index (Phi) is 4.89. The average molecular weight is 312 g/mol. The molecule has 1 aliphatic carbocycles. The van der Waals surface area contributed by atoms with Crippen molar-refractivity contribution in [3.63, 3.8) is 0 Å². The van der Waals surface area contributed by atoms with Crippen molar-refractivity contribution in [3.8, 4) is 0 Å². The molecule has 2 aliphatic rings. The van der Waals surface area contributed by atoms with Gasteiger partial charge in [-0.15, -0.1) is 11.3 Å². The zero-order chi connectivity index (χ0) is 13.9. The van der Waals surface area contributed by atoms with Crippen LogP contribution in [0.4, 0.5) is 5.13 Å². The lowest BCUT2D eigenvalue weighted by molar-refractivity contribution is 0.686. The molecule has 0 radical (unpaired) electrons. The largest absolute Gasteiger partial charge is 0.346 e. The Bertz CT molecular complexity index is 442. The predicted molar refractivity (Wildman–Crippen MR) is 90.1 cm³/mol. The normalized spacial score (nSPS) is 23.3. The van der Waals surface area contributed by atoms with Crippen LogP contribution in [0.2, 0.25) is 0 Å². The topological polar surface area (TPSA) is 28.2 Å². The van der Waals surface area contributed by atoms with Crippen molar-refractivity contribution in [1.82, 2.24) is 10.3 Å². The smallest absolute Gasteiger partial charge is 0.185 e. The van der Waals surface area contributed by atoms with E-state index in [-0.39, 0.29) is 0 Å². The summed E-state index contributed by atoms with van der Waals surface area (Å²) < 4.78 is 0. The highest BCUT2D eigenvalue weighted by atomic mass is 32.2. The summed E-state index contributed by atoms with van der Waals surface area (Å²) in [7, 11) is 0. The minimum Gasteiger partial charge on any atom is -0.346 e. The summed E-state index contributed by atoms with van der Waals surface area (Å²) in [4.78, 5) is 8.92. The zero-order valence-corrected chi connectivity index (χ0v) is 14.2. The lowest BCUT2D eigenvalue weighted by atomic mass is 10.2. The van der Waals surface area contributed by atoms with Gasteiger partial charge in [-0.25, -0.2) is 4.98 Å². The Morgan fingerprint density at radius 2 is 2.25 bits per heavy atom. The SMILES string of the molecule is CCCc1nc(N2CCSC(C)C2)sc1CNC1CC1. The fraction of sp³-hybridized carbons (Fsp3) is 0.800. The summed E-state index contributed by atoms with van der Waals surface area (Å²) >= 11 is 4.00. The molecule has 0 bridgehead atoms. The third kappa shape index (κ3) is 3.68. The van der Waals surface area contributed by atoms with Gasteiger partial charge in [0.15, 0.2) is 5.13 Å². The maximum absolute atomic E-state index is 4.95. The molecule has 1 aromatic rings. The fourth-order valence-electron chi connectivity index (χ4n) is 2.59. The Labute approximate surface area is 130 Å². The molecule has 112 valence electrons. The second-order valence-corrected chi connectivity index (χ2v) is 8.51. The number of rotatable bonds is 6. The molecule has 0 spiro atoms. The predicted octanol–water partition coefficient (Wildman–Crippen LogP) is 3.29. The molecule has 1 atom stereocenters. The van der Waals surface area contributed by atoms with Crippen LogP contribution in [0.3, 0.4) is 0 Å². The lowest BCUT2D eigenvalue weighted by Gasteiger charge is -2.30. The van der Waals surface area contributed by atoms with Gasteiger partial charge in [0.2, 0.25) is 0 Å². The highest BCUT2D eigenvalue weighted by Crippen LogP contribution is 2.31. The Morgan fingerprint density at radius 1 is 1.40 bits per heavy atom. The Balaban J connectivity index is 1.70. The number of nitrogens with one attached hydrogen (secondary N) is 1. The van der Waals surface area contributed by atoms with Crippen molar-refractivity contribution in [2.24, 2.45) is 0 Å². The van der Waals surface area contributed by atoms with Gasteiger partial charge in [-0.05, 0) is 19.3 Å². The molecule has 2 fully saturated rings. The molecule has 1 unspecified atom stereocenters. The minimum atomic E-state index is 0.732. The molecule has 0 aromatic carbocycles. The molecule has 5 heteroatoms. The maximum atomic E-state index is 4.95. The molecule has 3 nitrogen and oxygen atoms in total. The Hall–Kier alpha value is -0.260. The molecular formula is C15H25N3S2. The molecule has 0 amide bonds. The van der Waals surface area contributed by atoms with E-state index >= 15 is 0 Å². The molecule has 1 N–H and O–H groups in total. The molecule has 1 saturated carbocycles. The van der Waals surface area contributed by atoms with Gasteiger partial charge in [0.1, 0.15) is 0 Å². The van der Waals surface area contributed by atoms with Crippen LogP contribution in [0, 0.1) is 0 Å². The fourth-order valence-corrected chi connectivity index (χ4v) is 4.70. The van der Waals surface area contributed by atoms with Crippen LogP contribution in [0.15, 0.2) is 0 Å². The lowest BCUT2D eigenvalue weighted by Crippen LogP contribution is -2.36. The summed E-state index contributed by atoms with van der Waals surface area (Å²) in [5, 5.41) is 5.63. The summed E-state index contributed by atoms with van der Waals surface area (Å²) in [6.45, 7) is 7.91. The number of hydrogen-bond donors (Lipinski definition) is 1. The number of thiazole rings is 1. The highest BCUT2D eigenvalue weighted by molar-refractivity contribution is 8.00. The van der Waals surface area contributed by atoms with E-state index < -0.39 is 0 Å². The van der Waals surface area contributed by atoms with Crippen molar-refractivity contribution in [3.05, 3.63) is 10.6 Å². The number of anilines is 1. The van der Waals surface area contributed by atoms with Crippen molar-refractivity contribution < 1.29 is 0 Å². The van der Waals surface area contributed by atoms with Crippen molar-refractivity contribution in [2.75, 3.05) is 23.7 Å². The quantitative estimate of drug-likeness (QED) is 0.872. The van der Waals surface area contributed by atoms with Crippen LogP contribution in [-0.4, -0.2) is 35.1 Å². The van der Waals surface area contributed by atoms with E-state index in [2.05, 4.69) is 35.8 Å². The molecule has 1 saturated heterocycles. The maximum Gasteiger partial charge on any atom is 0.185 e. The van der Waals surface area contributed by atoms with Gasteiger partial charge in [-0.2, -0.15) is 11.8 Å². The number of aromatic nitrogens is 1. The zero-order valence-electron chi connectivity index (χ0n) is 12.5. The third-order valence-corrected chi connectivity index (χ3v) is 6.19. The molecule has 20 heavy (non-hydrogen) atoms. The highest BCUT2D eigenvalue weighted by Gasteiger charge is 2.24. The number of aryl methyl sites for hydroxylation is 1. The van der Waals surface area contributed by atoms with Gasteiger partial charge < -0.3 is 10.2 Å². The summed E-state index contributed by atoms with van der Waals surface area (Å²) in [6, 6.07) is 0.779. The van der Waals surface area contributed by atoms with Gasteiger partial charge in [-0.1, -0.05) is 20.3 Å². The van der Waals surface area contributed by atoms with E-state index in [9.17, 15) is 0 Å². The van der Waals surface area contributed by atoms with Gasteiger partial charge >= 0.3 is 0 Å². The summed E-state index contributed by atoms with van der Waals surface area (Å²) in [5.74, 6) is 1.24. The van der Waals surface area contributed by atoms with Crippen LogP contribution in [0.5, 0.6) is 0 Å². The first-order valence-electron chi connectivity index (χ1n) is 7.84. The van der Waals surface area contributed by atoms with Gasteiger partial charge in [0, 0.05) is 41.6 Å². The molecule has 3 rings (SSSR count). The van der Waals surface area contributed by atoms with E-state index in [1.807, 2.05) is 11.3 Å². The van der Waals surface area contributed by atoms with Gasteiger partial charge in [-0.3, -0.25) is 0 Å². The minimum absolute atomic E-state index is 0.732. The number of hydrogen-bond acceptors (Lipinski definition) is 5. The third-order valence-electron chi connectivity index (χ3n) is 3.89. The summed E-state index contributed by atoms with van der Waals surface area (Å²) in [6.07, 6.45) is 5.02. The van der Waals surface area contributed by atoms with Crippen LogP contribution < -0.4 is 10.2 Å². The molecule has 1 aromatic heterocycles. The van der Waals surface area contributed by atoms with E-state index in [4.69, 9.17) is 4.98 Å². The van der Waals surface area contributed by atoms with Gasteiger partial charge in [0.25, 0.3) is 0 Å². The average Bonchev–Trinajstić information content (AvgIpc) is 3.18. The first kappa shape index (κ1) is 14.7. The van der Waals surface area contributed by atoms with Gasteiger partial charge in [0.05, 0.1) is 5.69 Å². The first-order chi connectivity index (χ1) is 9.76. The van der Waals surface area contributed by atoms with Crippen LogP contribution in [0.1, 0.15) is 43.7 Å². The molecule has 1 aliphatic heterocycles. The monoisotopic (exact) mass is 311 g/mol. The van der Waals surface area contributed by atoms with Crippen molar-refractivity contribution in [1.29, 1.82) is 0 Å². The van der Waals surface area contributed by atoms with Crippen molar-refractivity contribution in [2.45, 2.75) is 57.4 Å². The van der Waals surface area contributed by atoms with E-state index in [1.165, 1.54) is 40.7 Å². The summed E-state index contributed by atoms with van der Waals surface area (Å²) in [5.41, 5.74) is 1.34. The molecule has 2 heterocycles.